The molecule has 1 unspecified atom stereocenters. The maximum atomic E-state index is 12.0. The summed E-state index contributed by atoms with van der Waals surface area (Å²) < 4.78 is 26.6. The minimum atomic E-state index is -3.44. The Balaban J connectivity index is 2.16. The summed E-state index contributed by atoms with van der Waals surface area (Å²) in [7, 11) is -3.44. The third-order valence-corrected chi connectivity index (χ3v) is 5.24. The van der Waals surface area contributed by atoms with Crippen molar-refractivity contribution in [2.75, 3.05) is 11.5 Å². The summed E-state index contributed by atoms with van der Waals surface area (Å²) >= 11 is 1.75. The minimum absolute atomic E-state index is 0.0284. The fraction of sp³-hybridized carbons (Fsp3) is 0.364. The average Bonchev–Trinajstić information content (AvgIpc) is 2.81. The second-order valence-corrected chi connectivity index (χ2v) is 6.68. The van der Waals surface area contributed by atoms with Crippen molar-refractivity contribution in [2.24, 2.45) is 0 Å². The lowest BCUT2D eigenvalue weighted by molar-refractivity contribution is 0.563. The number of rotatable bonds is 3. The number of nitrogens with zero attached hydrogens (tertiary/aromatic N) is 1. The van der Waals surface area contributed by atoms with Gasteiger partial charge in [-0.1, -0.05) is 0 Å². The van der Waals surface area contributed by atoms with Gasteiger partial charge in [-0.15, -0.1) is 0 Å². The van der Waals surface area contributed by atoms with Crippen molar-refractivity contribution in [3.8, 4) is 6.07 Å². The van der Waals surface area contributed by atoms with E-state index in [1.54, 1.807) is 11.8 Å². The molecule has 1 heterocycles. The Morgan fingerprint density at radius 2 is 2.06 bits per heavy atom. The number of nitriles is 1. The number of sulfonamides is 1. The van der Waals surface area contributed by atoms with E-state index in [2.05, 4.69) is 4.72 Å². The zero-order chi connectivity index (χ0) is 12.3. The molecular formula is C11H12N2O2S2. The molecule has 0 bridgehead atoms. The first-order valence-corrected chi connectivity index (χ1v) is 7.86. The zero-order valence-corrected chi connectivity index (χ0v) is 10.7. The zero-order valence-electron chi connectivity index (χ0n) is 9.09. The molecule has 1 saturated heterocycles. The van der Waals surface area contributed by atoms with Crippen molar-refractivity contribution in [3.05, 3.63) is 29.8 Å². The van der Waals surface area contributed by atoms with E-state index in [-0.39, 0.29) is 10.9 Å². The highest BCUT2D eigenvalue weighted by molar-refractivity contribution is 7.99. The van der Waals surface area contributed by atoms with Crippen LogP contribution in [0.15, 0.2) is 29.2 Å². The summed E-state index contributed by atoms with van der Waals surface area (Å²) in [4.78, 5) is 0.216. The molecule has 0 radical (unpaired) electrons. The maximum Gasteiger partial charge on any atom is 0.240 e. The van der Waals surface area contributed by atoms with Crippen LogP contribution in [-0.4, -0.2) is 26.0 Å². The Bertz CT molecular complexity index is 526. The Hall–Kier alpha value is -1.03. The quantitative estimate of drug-likeness (QED) is 0.898. The van der Waals surface area contributed by atoms with Gasteiger partial charge in [0.1, 0.15) is 0 Å². The molecule has 0 aliphatic carbocycles. The molecule has 1 atom stereocenters. The van der Waals surface area contributed by atoms with Crippen LogP contribution in [0.25, 0.3) is 0 Å². The molecule has 1 aliphatic rings. The molecule has 1 N–H and O–H groups in total. The fourth-order valence-corrected chi connectivity index (χ4v) is 4.15. The summed E-state index contributed by atoms with van der Waals surface area (Å²) in [5.74, 6) is 1.83. The van der Waals surface area contributed by atoms with Gasteiger partial charge in [0, 0.05) is 11.8 Å². The number of hydrogen-bond donors (Lipinski definition) is 1. The molecule has 2 rings (SSSR count). The van der Waals surface area contributed by atoms with Gasteiger partial charge in [-0.3, -0.25) is 0 Å². The highest BCUT2D eigenvalue weighted by Crippen LogP contribution is 2.19. The largest absolute Gasteiger partial charge is 0.240 e. The van der Waals surface area contributed by atoms with Crippen molar-refractivity contribution < 1.29 is 8.42 Å². The van der Waals surface area contributed by atoms with Crippen LogP contribution in [0.1, 0.15) is 12.0 Å². The van der Waals surface area contributed by atoms with Gasteiger partial charge >= 0.3 is 0 Å². The van der Waals surface area contributed by atoms with Crippen LogP contribution in [0.2, 0.25) is 0 Å². The molecule has 90 valence electrons. The van der Waals surface area contributed by atoms with Gasteiger partial charge in [-0.05, 0) is 36.4 Å². The smallest absolute Gasteiger partial charge is 0.207 e. The lowest BCUT2D eigenvalue weighted by Gasteiger charge is -2.11. The lowest BCUT2D eigenvalue weighted by atomic mass is 10.2. The molecule has 1 aromatic carbocycles. The van der Waals surface area contributed by atoms with E-state index in [1.165, 1.54) is 24.3 Å². The van der Waals surface area contributed by atoms with Crippen LogP contribution in [0.5, 0.6) is 0 Å². The van der Waals surface area contributed by atoms with Gasteiger partial charge in [-0.2, -0.15) is 17.0 Å². The predicted molar refractivity (Wildman–Crippen MR) is 67.2 cm³/mol. The third kappa shape index (κ3) is 3.00. The van der Waals surface area contributed by atoms with E-state index in [0.717, 1.165) is 17.9 Å². The second kappa shape index (κ2) is 5.08. The predicted octanol–water partition coefficient (Wildman–Crippen LogP) is 1.34. The van der Waals surface area contributed by atoms with Gasteiger partial charge in [0.25, 0.3) is 0 Å². The van der Waals surface area contributed by atoms with Gasteiger partial charge in [0.2, 0.25) is 10.0 Å². The summed E-state index contributed by atoms with van der Waals surface area (Å²) in [6, 6.07) is 7.93. The summed E-state index contributed by atoms with van der Waals surface area (Å²) in [6.07, 6.45) is 0.875. The Morgan fingerprint density at radius 3 is 2.59 bits per heavy atom. The van der Waals surface area contributed by atoms with E-state index in [0.29, 0.717) is 5.56 Å². The van der Waals surface area contributed by atoms with Crippen molar-refractivity contribution in [3.63, 3.8) is 0 Å². The number of benzene rings is 1. The summed E-state index contributed by atoms with van der Waals surface area (Å²) in [5.41, 5.74) is 0.459. The van der Waals surface area contributed by atoms with E-state index < -0.39 is 10.0 Å². The molecule has 1 fully saturated rings. The number of thioether (sulfide) groups is 1. The highest BCUT2D eigenvalue weighted by Gasteiger charge is 2.22. The van der Waals surface area contributed by atoms with Crippen LogP contribution in [0.3, 0.4) is 0 Å². The summed E-state index contributed by atoms with van der Waals surface area (Å²) in [6.45, 7) is 0. The topological polar surface area (TPSA) is 70.0 Å². The van der Waals surface area contributed by atoms with Gasteiger partial charge < -0.3 is 0 Å². The van der Waals surface area contributed by atoms with Crippen LogP contribution < -0.4 is 4.72 Å². The standard InChI is InChI=1S/C11H12N2O2S2/c12-7-9-1-3-11(4-2-9)17(14,15)13-10-5-6-16-8-10/h1-4,10,13H,5-6,8H2. The number of nitrogens with one attached hydrogen (secondary N) is 1. The van der Waals surface area contributed by atoms with Crippen LogP contribution >= 0.6 is 11.8 Å². The van der Waals surface area contributed by atoms with E-state index in [9.17, 15) is 8.42 Å². The monoisotopic (exact) mass is 268 g/mol. The lowest BCUT2D eigenvalue weighted by Crippen LogP contribution is -2.34. The van der Waals surface area contributed by atoms with Crippen LogP contribution in [0, 0.1) is 11.3 Å². The molecule has 1 aromatic rings. The molecule has 0 saturated carbocycles. The summed E-state index contributed by atoms with van der Waals surface area (Å²) in [5, 5.41) is 8.64. The Labute approximate surface area is 105 Å². The normalized spacial score (nSPS) is 20.1. The first-order chi connectivity index (χ1) is 8.12. The Kier molecular flexibility index (Phi) is 3.72. The molecule has 6 heteroatoms. The molecule has 0 aromatic heterocycles. The molecule has 17 heavy (non-hydrogen) atoms. The molecule has 1 aliphatic heterocycles. The van der Waals surface area contributed by atoms with Gasteiger partial charge in [0.05, 0.1) is 16.5 Å². The SMILES string of the molecule is N#Cc1ccc(S(=O)(=O)NC2CCSC2)cc1. The highest BCUT2D eigenvalue weighted by atomic mass is 32.2. The third-order valence-electron chi connectivity index (χ3n) is 2.55. The van der Waals surface area contributed by atoms with Crippen LogP contribution in [0.4, 0.5) is 0 Å². The first kappa shape index (κ1) is 12.4. The van der Waals surface area contributed by atoms with Crippen molar-refractivity contribution in [2.45, 2.75) is 17.4 Å². The van der Waals surface area contributed by atoms with Gasteiger partial charge in [0.15, 0.2) is 0 Å². The fourth-order valence-electron chi connectivity index (χ4n) is 1.62. The second-order valence-electron chi connectivity index (χ2n) is 3.82. The molecule has 0 amide bonds. The average molecular weight is 268 g/mol. The molecule has 0 spiro atoms. The van der Waals surface area contributed by atoms with E-state index in [1.807, 2.05) is 6.07 Å². The minimum Gasteiger partial charge on any atom is -0.207 e. The van der Waals surface area contributed by atoms with E-state index in [4.69, 9.17) is 5.26 Å². The van der Waals surface area contributed by atoms with Crippen molar-refractivity contribution >= 4 is 21.8 Å². The molecule has 4 nitrogen and oxygen atoms in total. The number of hydrogen-bond acceptors (Lipinski definition) is 4. The van der Waals surface area contributed by atoms with Gasteiger partial charge in [-0.25, -0.2) is 13.1 Å². The van der Waals surface area contributed by atoms with Crippen LogP contribution in [-0.2, 0) is 10.0 Å². The molecular weight excluding hydrogens is 256 g/mol. The Morgan fingerprint density at radius 1 is 1.35 bits per heavy atom. The van der Waals surface area contributed by atoms with Crippen molar-refractivity contribution in [1.82, 2.24) is 4.72 Å². The first-order valence-electron chi connectivity index (χ1n) is 5.22. The van der Waals surface area contributed by atoms with E-state index >= 15 is 0 Å². The van der Waals surface area contributed by atoms with Crippen molar-refractivity contribution in [1.29, 1.82) is 5.26 Å². The maximum absolute atomic E-state index is 12.0.